The van der Waals surface area contributed by atoms with Crippen LogP contribution in [-0.4, -0.2) is 38.0 Å². The van der Waals surface area contributed by atoms with E-state index in [1.54, 1.807) is 12.1 Å². The summed E-state index contributed by atoms with van der Waals surface area (Å²) in [6, 6.07) is 7.45. The van der Waals surface area contributed by atoms with Crippen LogP contribution in [0.2, 0.25) is 0 Å². The highest BCUT2D eigenvalue weighted by Gasteiger charge is 2.45. The Labute approximate surface area is 155 Å². The third kappa shape index (κ3) is 2.03. The van der Waals surface area contributed by atoms with E-state index in [0.717, 1.165) is 35.6 Å². The molecule has 2 aromatic rings. The first-order chi connectivity index (χ1) is 13.2. The molecule has 0 fully saturated rings. The van der Waals surface area contributed by atoms with E-state index in [4.69, 9.17) is 23.7 Å². The predicted molar refractivity (Wildman–Crippen MR) is 92.4 cm³/mol. The van der Waals surface area contributed by atoms with Crippen LogP contribution in [0.5, 0.6) is 23.0 Å². The van der Waals surface area contributed by atoms with Gasteiger partial charge in [-0.25, -0.2) is 4.79 Å². The fourth-order valence-corrected chi connectivity index (χ4v) is 4.47. The second-order valence-electron chi connectivity index (χ2n) is 7.17. The summed E-state index contributed by atoms with van der Waals surface area (Å²) < 4.78 is 28.2. The van der Waals surface area contributed by atoms with Gasteiger partial charge in [0.05, 0.1) is 17.2 Å². The first-order valence-corrected chi connectivity index (χ1v) is 8.97. The van der Waals surface area contributed by atoms with Crippen LogP contribution in [-0.2, 0) is 11.2 Å². The molecule has 0 amide bonds. The van der Waals surface area contributed by atoms with Crippen LogP contribution in [0.3, 0.4) is 0 Å². The van der Waals surface area contributed by atoms with Crippen molar-refractivity contribution in [3.05, 3.63) is 46.5 Å². The number of nitrogens with zero attached hydrogens (tertiary/aromatic N) is 1. The molecule has 0 aromatic heterocycles. The lowest BCUT2D eigenvalue weighted by Crippen LogP contribution is -2.36. The third-order valence-electron chi connectivity index (χ3n) is 5.76. The molecule has 4 aliphatic rings. The van der Waals surface area contributed by atoms with Gasteiger partial charge in [-0.2, -0.15) is 0 Å². The zero-order valence-corrected chi connectivity index (χ0v) is 14.7. The van der Waals surface area contributed by atoms with Crippen LogP contribution in [0.1, 0.15) is 39.2 Å². The van der Waals surface area contributed by atoms with Crippen molar-refractivity contribution in [1.82, 2.24) is 4.90 Å². The molecule has 0 saturated carbocycles. The Hall–Kier alpha value is -2.93. The van der Waals surface area contributed by atoms with Crippen LogP contribution in [0.25, 0.3) is 0 Å². The van der Waals surface area contributed by atoms with Gasteiger partial charge in [0.15, 0.2) is 29.1 Å². The summed E-state index contributed by atoms with van der Waals surface area (Å²) in [5.41, 5.74) is 3.61. The van der Waals surface area contributed by atoms with E-state index in [1.165, 1.54) is 5.56 Å². The second kappa shape index (κ2) is 5.29. The largest absolute Gasteiger partial charge is 0.454 e. The van der Waals surface area contributed by atoms with Crippen molar-refractivity contribution in [2.75, 3.05) is 27.2 Å². The van der Waals surface area contributed by atoms with Gasteiger partial charge in [-0.15, -0.1) is 0 Å². The smallest absolute Gasteiger partial charge is 0.339 e. The zero-order chi connectivity index (χ0) is 18.1. The topological polar surface area (TPSA) is 66.5 Å². The molecule has 7 nitrogen and oxygen atoms in total. The quantitative estimate of drug-likeness (QED) is 0.718. The maximum atomic E-state index is 12.5. The number of carbonyl (C=O) groups excluding carboxylic acids is 1. The molecule has 7 heteroatoms. The lowest BCUT2D eigenvalue weighted by Gasteiger charge is -2.37. The summed E-state index contributed by atoms with van der Waals surface area (Å²) in [5, 5.41) is 0. The van der Waals surface area contributed by atoms with E-state index in [9.17, 15) is 4.79 Å². The highest BCUT2D eigenvalue weighted by Crippen LogP contribution is 2.53. The Morgan fingerprint density at radius 1 is 1.00 bits per heavy atom. The molecule has 0 N–H and O–H groups in total. The number of cyclic esters (lactones) is 1. The summed E-state index contributed by atoms with van der Waals surface area (Å²) in [7, 11) is 2.05. The van der Waals surface area contributed by atoms with Crippen molar-refractivity contribution in [1.29, 1.82) is 0 Å². The molecule has 0 radical (unpaired) electrons. The van der Waals surface area contributed by atoms with Gasteiger partial charge in [-0.3, -0.25) is 4.90 Å². The Balaban J connectivity index is 1.52. The third-order valence-corrected chi connectivity index (χ3v) is 5.76. The van der Waals surface area contributed by atoms with Gasteiger partial charge in [-0.05, 0) is 48.9 Å². The van der Waals surface area contributed by atoms with Gasteiger partial charge in [-0.1, -0.05) is 0 Å². The van der Waals surface area contributed by atoms with Crippen LogP contribution in [0, 0.1) is 0 Å². The van der Waals surface area contributed by atoms with E-state index >= 15 is 0 Å². The molecule has 4 aliphatic heterocycles. The molecule has 2 unspecified atom stereocenters. The first-order valence-electron chi connectivity index (χ1n) is 8.97. The molecule has 0 bridgehead atoms. The summed E-state index contributed by atoms with van der Waals surface area (Å²) in [6.07, 6.45) is 0.438. The second-order valence-corrected chi connectivity index (χ2v) is 7.17. The van der Waals surface area contributed by atoms with Crippen molar-refractivity contribution in [3.63, 3.8) is 0 Å². The number of fused-ring (bicyclic) bond motifs is 5. The maximum absolute atomic E-state index is 12.5. The van der Waals surface area contributed by atoms with Gasteiger partial charge in [0.25, 0.3) is 0 Å². The SMILES string of the molecule is CN1CCc2cc3c(cc2C1C1OC(=O)c2ccc4c(c21)OCO4)OCO3. The Morgan fingerprint density at radius 3 is 2.67 bits per heavy atom. The number of hydrogen-bond acceptors (Lipinski definition) is 7. The standard InChI is InChI=1S/C20H17NO6/c1-21-5-4-10-6-14-15(25-8-24-14)7-12(10)17(21)19-16-11(20(22)27-19)2-3-13-18(16)26-9-23-13/h2-3,6-7,17,19H,4-5,8-9H2,1H3. The average Bonchev–Trinajstić information content (AvgIpc) is 3.38. The van der Waals surface area contributed by atoms with E-state index in [2.05, 4.69) is 4.90 Å². The molecule has 27 heavy (non-hydrogen) atoms. The minimum atomic E-state index is -0.464. The van der Waals surface area contributed by atoms with E-state index < -0.39 is 6.10 Å². The lowest BCUT2D eigenvalue weighted by atomic mass is 9.86. The number of esters is 1. The van der Waals surface area contributed by atoms with Crippen molar-refractivity contribution < 1.29 is 28.5 Å². The lowest BCUT2D eigenvalue weighted by molar-refractivity contribution is 0.00882. The van der Waals surface area contributed by atoms with Crippen molar-refractivity contribution in [3.8, 4) is 23.0 Å². The summed E-state index contributed by atoms with van der Waals surface area (Å²) >= 11 is 0. The maximum Gasteiger partial charge on any atom is 0.339 e. The number of hydrogen-bond donors (Lipinski definition) is 0. The van der Waals surface area contributed by atoms with Gasteiger partial charge in [0, 0.05) is 6.54 Å². The minimum Gasteiger partial charge on any atom is -0.454 e. The van der Waals surface area contributed by atoms with Crippen LogP contribution in [0.4, 0.5) is 0 Å². The first kappa shape index (κ1) is 15.2. The summed E-state index contributed by atoms with van der Waals surface area (Å²) in [5.74, 6) is 2.45. The summed E-state index contributed by atoms with van der Waals surface area (Å²) in [6.45, 7) is 1.24. The van der Waals surface area contributed by atoms with Gasteiger partial charge >= 0.3 is 5.97 Å². The number of likely N-dealkylation sites (N-methyl/N-ethyl adjacent to an activating group) is 1. The van der Waals surface area contributed by atoms with Gasteiger partial charge in [0.2, 0.25) is 13.6 Å². The van der Waals surface area contributed by atoms with Gasteiger partial charge in [0.1, 0.15) is 0 Å². The molecular formula is C20H17NO6. The van der Waals surface area contributed by atoms with E-state index in [-0.39, 0.29) is 25.6 Å². The number of rotatable bonds is 1. The molecule has 6 rings (SSSR count). The highest BCUT2D eigenvalue weighted by atomic mass is 16.7. The van der Waals surface area contributed by atoms with E-state index in [0.29, 0.717) is 17.1 Å². The number of ether oxygens (including phenoxy) is 5. The molecule has 0 aliphatic carbocycles. The van der Waals surface area contributed by atoms with Crippen LogP contribution >= 0.6 is 0 Å². The molecule has 0 spiro atoms. The van der Waals surface area contributed by atoms with Crippen LogP contribution in [0.15, 0.2) is 24.3 Å². The Bertz CT molecular complexity index is 987. The van der Waals surface area contributed by atoms with Gasteiger partial charge < -0.3 is 23.7 Å². The summed E-state index contributed by atoms with van der Waals surface area (Å²) in [4.78, 5) is 14.8. The molecule has 138 valence electrons. The Morgan fingerprint density at radius 2 is 1.78 bits per heavy atom. The molecule has 0 saturated heterocycles. The Kier molecular flexibility index (Phi) is 2.97. The van der Waals surface area contributed by atoms with Crippen molar-refractivity contribution in [2.45, 2.75) is 18.6 Å². The molecular weight excluding hydrogens is 350 g/mol. The van der Waals surface area contributed by atoms with Crippen LogP contribution < -0.4 is 18.9 Å². The molecule has 2 atom stereocenters. The normalized spacial score (nSPS) is 24.6. The zero-order valence-electron chi connectivity index (χ0n) is 14.7. The fraction of sp³-hybridized carbons (Fsp3) is 0.350. The monoisotopic (exact) mass is 367 g/mol. The molecule has 4 heterocycles. The van der Waals surface area contributed by atoms with Crippen molar-refractivity contribution in [2.24, 2.45) is 0 Å². The number of benzene rings is 2. The number of carbonyl (C=O) groups is 1. The predicted octanol–water partition coefficient (Wildman–Crippen LogP) is 2.58. The minimum absolute atomic E-state index is 0.135. The van der Waals surface area contributed by atoms with Crippen molar-refractivity contribution >= 4 is 5.97 Å². The molecule has 2 aromatic carbocycles. The van der Waals surface area contributed by atoms with E-state index in [1.807, 2.05) is 19.2 Å². The fourth-order valence-electron chi connectivity index (χ4n) is 4.47. The average molecular weight is 367 g/mol. The highest BCUT2D eigenvalue weighted by molar-refractivity contribution is 5.95.